The molecule has 30 heavy (non-hydrogen) atoms. The third-order valence-electron chi connectivity index (χ3n) is 4.78. The molecule has 0 atom stereocenters. The number of rotatable bonds is 5. The van der Waals surface area contributed by atoms with Gasteiger partial charge < -0.3 is 13.4 Å². The van der Waals surface area contributed by atoms with Crippen molar-refractivity contribution >= 4 is 16.9 Å². The number of carbonyl (C=O) groups is 1. The summed E-state index contributed by atoms with van der Waals surface area (Å²) in [7, 11) is 0. The van der Waals surface area contributed by atoms with Crippen molar-refractivity contribution in [1.29, 1.82) is 0 Å². The van der Waals surface area contributed by atoms with E-state index in [-0.39, 0.29) is 12.3 Å². The summed E-state index contributed by atoms with van der Waals surface area (Å²) < 4.78 is 16.9. The van der Waals surface area contributed by atoms with Gasteiger partial charge in [0.05, 0.1) is 23.9 Å². The van der Waals surface area contributed by atoms with E-state index < -0.39 is 5.76 Å². The summed E-state index contributed by atoms with van der Waals surface area (Å²) in [6.07, 6.45) is 2.99. The maximum Gasteiger partial charge on any atom is 0.420 e. The number of aromatic nitrogens is 3. The number of nitrogens with zero attached hydrogens (tertiary/aromatic N) is 3. The lowest BCUT2D eigenvalue weighted by atomic mass is 10.0. The zero-order valence-electron chi connectivity index (χ0n) is 15.9. The van der Waals surface area contributed by atoms with Crippen LogP contribution in [0.15, 0.2) is 79.2 Å². The minimum absolute atomic E-state index is 0.0679. The highest BCUT2D eigenvalue weighted by Crippen LogP contribution is 2.20. The number of ketones is 1. The lowest BCUT2D eigenvalue weighted by Crippen LogP contribution is -2.15. The molecule has 8 heteroatoms. The van der Waals surface area contributed by atoms with Gasteiger partial charge in [-0.1, -0.05) is 35.0 Å². The fraction of sp³-hybridized carbons (Fsp3) is 0.0909. The fourth-order valence-electron chi connectivity index (χ4n) is 3.19. The van der Waals surface area contributed by atoms with E-state index in [4.69, 9.17) is 13.4 Å². The molecule has 0 fully saturated rings. The van der Waals surface area contributed by atoms with Crippen LogP contribution in [0, 0.1) is 6.92 Å². The molecule has 0 spiro atoms. The van der Waals surface area contributed by atoms with Gasteiger partial charge in [0, 0.05) is 11.1 Å². The van der Waals surface area contributed by atoms with E-state index in [1.807, 2.05) is 19.1 Å². The van der Waals surface area contributed by atoms with Crippen molar-refractivity contribution in [3.8, 4) is 11.5 Å². The van der Waals surface area contributed by atoms with Crippen molar-refractivity contribution in [2.45, 2.75) is 13.5 Å². The van der Waals surface area contributed by atoms with Gasteiger partial charge in [0.2, 0.25) is 0 Å². The second-order valence-electron chi connectivity index (χ2n) is 6.86. The van der Waals surface area contributed by atoms with Gasteiger partial charge in [0.25, 0.3) is 5.89 Å². The molecule has 3 aromatic heterocycles. The smallest absolute Gasteiger partial charge is 0.420 e. The Bertz CT molecular complexity index is 1410. The first-order valence-electron chi connectivity index (χ1n) is 9.18. The predicted octanol–water partition coefficient (Wildman–Crippen LogP) is 3.83. The molecular formula is C22H15N3O5. The zero-order valence-corrected chi connectivity index (χ0v) is 15.9. The topological polar surface area (TPSA) is 104 Å². The molecule has 5 rings (SSSR count). The quantitative estimate of drug-likeness (QED) is 0.412. The normalized spacial score (nSPS) is 11.2. The first-order chi connectivity index (χ1) is 14.6. The Balaban J connectivity index is 1.46. The zero-order chi connectivity index (χ0) is 20.7. The molecule has 0 aliphatic carbocycles. The van der Waals surface area contributed by atoms with Crippen molar-refractivity contribution in [3.05, 3.63) is 94.1 Å². The number of benzene rings is 2. The highest BCUT2D eigenvalue weighted by atomic mass is 16.5. The predicted molar refractivity (Wildman–Crippen MR) is 106 cm³/mol. The SMILES string of the molecule is Cc1ccc(C(=O)c2ccc3c(c2)oc(=O)n3Cc2noc(-c3ccoc3)n2)cc1. The van der Waals surface area contributed by atoms with Gasteiger partial charge in [0.1, 0.15) is 6.26 Å². The van der Waals surface area contributed by atoms with E-state index in [9.17, 15) is 9.59 Å². The summed E-state index contributed by atoms with van der Waals surface area (Å²) in [5.41, 5.74) is 3.58. The van der Waals surface area contributed by atoms with E-state index in [1.165, 1.54) is 17.1 Å². The highest BCUT2D eigenvalue weighted by molar-refractivity contribution is 6.10. The maximum atomic E-state index is 12.7. The molecule has 3 heterocycles. The Morgan fingerprint density at radius 3 is 2.63 bits per heavy atom. The summed E-state index contributed by atoms with van der Waals surface area (Å²) in [6.45, 7) is 2.03. The number of aryl methyl sites for hydroxylation is 1. The first kappa shape index (κ1) is 17.9. The minimum atomic E-state index is -0.570. The standard InChI is InChI=1S/C22H15N3O5/c1-13-2-4-14(5-3-13)20(26)15-6-7-17-18(10-15)29-22(27)25(17)11-19-23-21(30-24-19)16-8-9-28-12-16/h2-10,12H,11H2,1H3. The van der Waals surface area contributed by atoms with Gasteiger partial charge in [-0.25, -0.2) is 4.79 Å². The Morgan fingerprint density at radius 1 is 1.07 bits per heavy atom. The van der Waals surface area contributed by atoms with E-state index in [1.54, 1.807) is 36.4 Å². The summed E-state index contributed by atoms with van der Waals surface area (Å²) in [4.78, 5) is 29.4. The van der Waals surface area contributed by atoms with Crippen molar-refractivity contribution < 1.29 is 18.2 Å². The average Bonchev–Trinajstić information content (AvgIpc) is 3.49. The molecular weight excluding hydrogens is 386 g/mol. The van der Waals surface area contributed by atoms with Crippen molar-refractivity contribution in [1.82, 2.24) is 14.7 Å². The van der Waals surface area contributed by atoms with Crippen molar-refractivity contribution in [2.75, 3.05) is 0 Å². The van der Waals surface area contributed by atoms with E-state index in [0.29, 0.717) is 39.5 Å². The molecule has 0 saturated carbocycles. The van der Waals surface area contributed by atoms with Gasteiger partial charge in [0.15, 0.2) is 17.2 Å². The number of oxazole rings is 1. The Labute approximate surface area is 169 Å². The molecule has 0 N–H and O–H groups in total. The molecule has 148 valence electrons. The molecule has 0 radical (unpaired) electrons. The Kier molecular flexibility index (Phi) is 4.17. The second kappa shape index (κ2) is 7.00. The maximum absolute atomic E-state index is 12.7. The van der Waals surface area contributed by atoms with Gasteiger partial charge in [-0.05, 0) is 31.2 Å². The van der Waals surface area contributed by atoms with Crippen LogP contribution in [0.4, 0.5) is 0 Å². The average molecular weight is 401 g/mol. The summed E-state index contributed by atoms with van der Waals surface area (Å²) in [5.74, 6) is -0.101. The number of furan rings is 1. The molecule has 0 amide bonds. The van der Waals surface area contributed by atoms with Gasteiger partial charge in [-0.3, -0.25) is 9.36 Å². The number of hydrogen-bond donors (Lipinski definition) is 0. The van der Waals surface area contributed by atoms with Crippen LogP contribution in [0.1, 0.15) is 27.3 Å². The molecule has 2 aromatic carbocycles. The Morgan fingerprint density at radius 2 is 1.87 bits per heavy atom. The van der Waals surface area contributed by atoms with Crippen LogP contribution < -0.4 is 5.76 Å². The third-order valence-corrected chi connectivity index (χ3v) is 4.78. The van der Waals surface area contributed by atoms with Gasteiger partial charge in [-0.2, -0.15) is 4.98 Å². The summed E-state index contributed by atoms with van der Waals surface area (Å²) in [5, 5.41) is 3.90. The number of carbonyl (C=O) groups excluding carboxylic acids is 1. The minimum Gasteiger partial charge on any atom is -0.472 e. The lowest BCUT2D eigenvalue weighted by molar-refractivity contribution is 0.103. The number of fused-ring (bicyclic) bond motifs is 1. The molecule has 0 saturated heterocycles. The van der Waals surface area contributed by atoms with Crippen molar-refractivity contribution in [2.24, 2.45) is 0 Å². The summed E-state index contributed by atoms with van der Waals surface area (Å²) in [6, 6.07) is 13.9. The van der Waals surface area contributed by atoms with Crippen LogP contribution in [0.3, 0.4) is 0 Å². The monoisotopic (exact) mass is 401 g/mol. The molecule has 5 aromatic rings. The van der Waals surface area contributed by atoms with E-state index in [0.717, 1.165) is 5.56 Å². The van der Waals surface area contributed by atoms with Crippen LogP contribution in [0.2, 0.25) is 0 Å². The van der Waals surface area contributed by atoms with Gasteiger partial charge in [-0.15, -0.1) is 0 Å². The Hall–Kier alpha value is -4.20. The lowest BCUT2D eigenvalue weighted by Gasteiger charge is -2.02. The molecule has 0 unspecified atom stereocenters. The highest BCUT2D eigenvalue weighted by Gasteiger charge is 2.17. The van der Waals surface area contributed by atoms with E-state index in [2.05, 4.69) is 10.1 Å². The van der Waals surface area contributed by atoms with Crippen LogP contribution in [0.5, 0.6) is 0 Å². The molecule has 0 aliphatic rings. The molecule has 8 nitrogen and oxygen atoms in total. The van der Waals surface area contributed by atoms with Crippen LogP contribution >= 0.6 is 0 Å². The first-order valence-corrected chi connectivity index (χ1v) is 9.18. The van der Waals surface area contributed by atoms with Gasteiger partial charge >= 0.3 is 5.76 Å². The molecule has 0 bridgehead atoms. The van der Waals surface area contributed by atoms with E-state index >= 15 is 0 Å². The molecule has 0 aliphatic heterocycles. The second-order valence-corrected chi connectivity index (χ2v) is 6.86. The third kappa shape index (κ3) is 3.14. The fourth-order valence-corrected chi connectivity index (χ4v) is 3.19. The largest absolute Gasteiger partial charge is 0.472 e. The van der Waals surface area contributed by atoms with Crippen LogP contribution in [-0.2, 0) is 6.54 Å². The number of hydrogen-bond acceptors (Lipinski definition) is 7. The van der Waals surface area contributed by atoms with Crippen molar-refractivity contribution in [3.63, 3.8) is 0 Å². The van der Waals surface area contributed by atoms with Crippen LogP contribution in [-0.4, -0.2) is 20.5 Å². The summed E-state index contributed by atoms with van der Waals surface area (Å²) >= 11 is 0. The van der Waals surface area contributed by atoms with Crippen LogP contribution in [0.25, 0.3) is 22.6 Å².